The maximum absolute atomic E-state index is 10.2. The van der Waals surface area contributed by atoms with Crippen LogP contribution in [0.15, 0.2) is 315 Å². The Kier molecular flexibility index (Phi) is 14.1. The summed E-state index contributed by atoms with van der Waals surface area (Å²) in [6.45, 7) is 8.03. The molecule has 0 radical (unpaired) electrons. The van der Waals surface area contributed by atoms with Crippen molar-refractivity contribution in [2.45, 2.75) is 0 Å². The molecule has 0 fully saturated rings. The molecule has 0 unspecified atom stereocenters. The highest BCUT2D eigenvalue weighted by atomic mass is 15.1. The minimum Gasteiger partial charge on any atom is -0.309 e. The van der Waals surface area contributed by atoms with Crippen molar-refractivity contribution in [1.82, 2.24) is 39.0 Å². The van der Waals surface area contributed by atoms with E-state index < -0.39 is 0 Å². The molecule has 0 atom stereocenters. The molecule has 0 aliphatic heterocycles. The first kappa shape index (κ1) is 56.4. The molecule has 17 aromatic rings. The molecule has 0 N–H and O–H groups in total. The van der Waals surface area contributed by atoms with Crippen molar-refractivity contribution in [2.24, 2.45) is 0 Å². The SMILES string of the molecule is [C-]#[N+]c1ccccc1-c1ccc2c(c1)c1ccccc1n2-c1ccc(-c2cccc(-c3ccc(-n4c5ccccc5c5cc(-c6ccccc6C#N)ccc54)c(-c4nc(-c5ccccc5)nc(-c5ccccc5)n4)c3)c2)cc1-c1nc(-c2ccccc2)nc(-c2ccccc2)n1. The Morgan fingerprint density at radius 1 is 0.260 bits per heavy atom. The summed E-state index contributed by atoms with van der Waals surface area (Å²) in [7, 11) is 0. The normalized spacial score (nSPS) is 11.3. The maximum atomic E-state index is 10.2. The van der Waals surface area contributed by atoms with Crippen LogP contribution in [0, 0.1) is 17.9 Å². The summed E-state index contributed by atoms with van der Waals surface area (Å²) in [4.78, 5) is 35.7. The third-order valence-electron chi connectivity index (χ3n) is 17.9. The minimum absolute atomic E-state index is 0.512. The third kappa shape index (κ3) is 10.1. The van der Waals surface area contributed by atoms with E-state index in [1.807, 2.05) is 170 Å². The second-order valence-electron chi connectivity index (χ2n) is 23.6. The van der Waals surface area contributed by atoms with Crippen molar-refractivity contribution in [3.63, 3.8) is 0 Å². The van der Waals surface area contributed by atoms with Gasteiger partial charge in [0.25, 0.3) is 0 Å². The predicted octanol–water partition coefficient (Wildman–Crippen LogP) is 21.3. The number of hydrogen-bond acceptors (Lipinski definition) is 7. The quantitative estimate of drug-likeness (QED) is 0.112. The van der Waals surface area contributed by atoms with Crippen LogP contribution in [0.25, 0.3) is 173 Å². The highest BCUT2D eigenvalue weighted by molar-refractivity contribution is 6.13. The second-order valence-corrected chi connectivity index (χ2v) is 23.6. The van der Waals surface area contributed by atoms with Gasteiger partial charge in [-0.05, 0) is 117 Å². The molecule has 0 spiro atoms. The van der Waals surface area contributed by atoms with E-state index in [4.69, 9.17) is 36.5 Å². The van der Waals surface area contributed by atoms with Crippen LogP contribution in [0.1, 0.15) is 5.56 Å². The summed E-state index contributed by atoms with van der Waals surface area (Å²) in [5.74, 6) is 3.24. The number of nitrogens with zero attached hydrogens (tertiary/aromatic N) is 10. The molecule has 0 aliphatic rings. The molecular formula is C86H52N10. The van der Waals surface area contributed by atoms with E-state index in [1.54, 1.807) is 0 Å². The van der Waals surface area contributed by atoms with Gasteiger partial charge in [0.15, 0.2) is 40.6 Å². The molecule has 96 heavy (non-hydrogen) atoms. The van der Waals surface area contributed by atoms with Crippen molar-refractivity contribution in [3.8, 4) is 130 Å². The highest BCUT2D eigenvalue weighted by Gasteiger charge is 2.25. The molecule has 13 aromatic carbocycles. The lowest BCUT2D eigenvalue weighted by Crippen LogP contribution is -2.04. The standard InChI is InChI=1S/C86H52N10/c1-88-74-38-19-16-35-67(74)64-44-48-78-71(53-64)69-37-18-21-40-76(69)96(78)80-46-42-62(51-73(80)86-93-83(57-27-10-4-11-28-57)90-84(94-86)58-29-12-5-13-30-58)60-33-22-32-59(49-60)61-41-45-79(72(50-61)85-91-81(55-23-6-2-7-24-55)89-82(92-85)56-25-8-3-9-26-56)95-75-39-20-17-36-68(75)70-52-63(43-47-77(70)95)66-34-15-14-31-65(66)54-87/h2-53H. The number of rotatable bonds is 12. The van der Waals surface area contributed by atoms with Gasteiger partial charge in [-0.15, -0.1) is 0 Å². The van der Waals surface area contributed by atoms with Gasteiger partial charge in [0.1, 0.15) is 0 Å². The van der Waals surface area contributed by atoms with Crippen LogP contribution in [0.2, 0.25) is 0 Å². The molecule has 10 nitrogen and oxygen atoms in total. The Morgan fingerprint density at radius 2 is 0.604 bits per heavy atom. The predicted molar refractivity (Wildman–Crippen MR) is 387 cm³/mol. The van der Waals surface area contributed by atoms with Crippen LogP contribution in [0.3, 0.4) is 0 Å². The van der Waals surface area contributed by atoms with Crippen LogP contribution in [0.4, 0.5) is 5.69 Å². The molecule has 4 heterocycles. The fourth-order valence-electron chi connectivity index (χ4n) is 13.4. The molecule has 0 bridgehead atoms. The van der Waals surface area contributed by atoms with Crippen molar-refractivity contribution in [1.29, 1.82) is 5.26 Å². The number of fused-ring (bicyclic) bond motifs is 6. The molecule has 10 heteroatoms. The van der Waals surface area contributed by atoms with Gasteiger partial charge in [0.2, 0.25) is 0 Å². The average molecular weight is 1230 g/mol. The van der Waals surface area contributed by atoms with Crippen molar-refractivity contribution in [2.75, 3.05) is 0 Å². The molecule has 446 valence electrons. The van der Waals surface area contributed by atoms with Crippen molar-refractivity contribution < 1.29 is 0 Å². The van der Waals surface area contributed by atoms with Crippen LogP contribution in [0.5, 0.6) is 0 Å². The summed E-state index contributed by atoms with van der Waals surface area (Å²) in [6, 6.07) is 110. The van der Waals surface area contributed by atoms with Gasteiger partial charge in [0.05, 0.1) is 51.6 Å². The average Bonchev–Trinajstić information content (AvgIpc) is 1.58. The van der Waals surface area contributed by atoms with E-state index in [1.165, 1.54) is 0 Å². The summed E-state index contributed by atoms with van der Waals surface area (Å²) in [6.07, 6.45) is 0. The van der Waals surface area contributed by atoms with Gasteiger partial charge in [0, 0.05) is 54.9 Å². The lowest BCUT2D eigenvalue weighted by Gasteiger charge is -2.17. The largest absolute Gasteiger partial charge is 0.309 e. The molecule has 17 rings (SSSR count). The number of para-hydroxylation sites is 3. The van der Waals surface area contributed by atoms with Crippen molar-refractivity contribution >= 4 is 49.3 Å². The summed E-state index contributed by atoms with van der Waals surface area (Å²) >= 11 is 0. The first-order chi connectivity index (χ1) is 47.5. The maximum Gasteiger partial charge on any atom is 0.194 e. The van der Waals surface area contributed by atoms with E-state index in [0.29, 0.717) is 46.2 Å². The van der Waals surface area contributed by atoms with Gasteiger partial charge in [-0.1, -0.05) is 243 Å². The number of aromatic nitrogens is 8. The summed E-state index contributed by atoms with van der Waals surface area (Å²) < 4.78 is 4.63. The van der Waals surface area contributed by atoms with E-state index in [0.717, 1.165) is 133 Å². The smallest absolute Gasteiger partial charge is 0.194 e. The van der Waals surface area contributed by atoms with E-state index in [9.17, 15) is 5.26 Å². The van der Waals surface area contributed by atoms with Gasteiger partial charge in [-0.3, -0.25) is 0 Å². The first-order valence-corrected chi connectivity index (χ1v) is 31.7. The Morgan fingerprint density at radius 3 is 1.05 bits per heavy atom. The second kappa shape index (κ2) is 23.9. The first-order valence-electron chi connectivity index (χ1n) is 31.7. The van der Waals surface area contributed by atoms with Gasteiger partial charge in [-0.2, -0.15) is 5.26 Å². The van der Waals surface area contributed by atoms with E-state index in [2.05, 4.69) is 166 Å². The molecule has 0 saturated carbocycles. The van der Waals surface area contributed by atoms with Crippen molar-refractivity contribution in [3.05, 3.63) is 332 Å². The Labute approximate surface area is 553 Å². The molecule has 0 amide bonds. The zero-order chi connectivity index (χ0) is 64.1. The van der Waals surface area contributed by atoms with Crippen LogP contribution in [-0.2, 0) is 0 Å². The Bertz CT molecular complexity index is 5500. The highest BCUT2D eigenvalue weighted by Crippen LogP contribution is 2.44. The number of hydrogen-bond donors (Lipinski definition) is 0. The Balaban J connectivity index is 0.873. The zero-order valence-electron chi connectivity index (χ0n) is 51.5. The molecule has 0 saturated heterocycles. The van der Waals surface area contributed by atoms with E-state index >= 15 is 0 Å². The van der Waals surface area contributed by atoms with Gasteiger partial charge in [-0.25, -0.2) is 34.7 Å². The van der Waals surface area contributed by atoms with Crippen LogP contribution >= 0.6 is 0 Å². The zero-order valence-corrected chi connectivity index (χ0v) is 51.5. The number of nitriles is 1. The topological polar surface area (TPSA) is 115 Å². The van der Waals surface area contributed by atoms with Gasteiger partial charge < -0.3 is 9.13 Å². The van der Waals surface area contributed by atoms with Crippen LogP contribution < -0.4 is 0 Å². The fourth-order valence-corrected chi connectivity index (χ4v) is 13.4. The minimum atomic E-state index is 0.512. The van der Waals surface area contributed by atoms with Crippen LogP contribution in [-0.4, -0.2) is 39.0 Å². The summed E-state index contributed by atoms with van der Waals surface area (Å²) in [5.41, 5.74) is 19.6. The van der Waals surface area contributed by atoms with Gasteiger partial charge >= 0.3 is 0 Å². The lowest BCUT2D eigenvalue weighted by molar-refractivity contribution is 1.06. The fraction of sp³-hybridized carbons (Fsp3) is 0. The number of benzene rings is 13. The molecule has 4 aromatic heterocycles. The Hall–Kier alpha value is -13.5. The van der Waals surface area contributed by atoms with E-state index in [-0.39, 0.29) is 0 Å². The summed E-state index contributed by atoms with van der Waals surface area (Å²) in [5, 5.41) is 14.5. The third-order valence-corrected chi connectivity index (χ3v) is 17.9. The molecule has 0 aliphatic carbocycles. The lowest BCUT2D eigenvalue weighted by atomic mass is 9.95. The monoisotopic (exact) mass is 1220 g/mol. The molecular weight excluding hydrogens is 1170 g/mol.